The number of aliphatic hydroxyl groups is 1. The molecule has 13 heavy (non-hydrogen) atoms. The van der Waals surface area contributed by atoms with Gasteiger partial charge in [0.25, 0.3) is 6.47 Å². The summed E-state index contributed by atoms with van der Waals surface area (Å²) >= 11 is 0. The molecular weight excluding hydrogens is 322 g/mol. The van der Waals surface area contributed by atoms with Crippen LogP contribution in [-0.4, -0.2) is 45.9 Å². The Balaban J connectivity index is 0. The average Bonchev–Trinajstić information content (AvgIpc) is 1.98. The van der Waals surface area contributed by atoms with Crippen molar-refractivity contribution in [3.05, 3.63) is 0 Å². The van der Waals surface area contributed by atoms with Gasteiger partial charge in [-0.05, 0) is 0 Å². The number of hydrogen-bond donors (Lipinski definition) is 3. The van der Waals surface area contributed by atoms with Crippen LogP contribution in [0.15, 0.2) is 0 Å². The largest absolute Gasteiger partial charge is 0.479 e. The first-order chi connectivity index (χ1) is 5.50. The molecule has 0 aliphatic rings. The van der Waals surface area contributed by atoms with E-state index in [0.717, 1.165) is 0 Å². The number of aliphatic hydroxyl groups excluding tert-OH is 1. The van der Waals surface area contributed by atoms with Crippen LogP contribution in [0.1, 0.15) is 0 Å². The van der Waals surface area contributed by atoms with Gasteiger partial charge in [0, 0.05) is 40.4 Å². The van der Waals surface area contributed by atoms with Crippen LogP contribution in [0.3, 0.4) is 0 Å². The number of hydrogen-bond acceptors (Lipinski definition) is 5. The molecule has 7 nitrogen and oxygen atoms in total. The molecule has 0 bridgehead atoms. The number of carbonyl (C=O) groups is 3. The Hall–Kier alpha value is -0.292. The Morgan fingerprint density at radius 3 is 1.92 bits per heavy atom. The molecule has 0 aromatic rings. The molecule has 74 valence electrons. The van der Waals surface area contributed by atoms with E-state index in [1.807, 2.05) is 0 Å². The Kier molecular flexibility index (Phi) is 8.35. The van der Waals surface area contributed by atoms with E-state index < -0.39 is 24.1 Å². The van der Waals surface area contributed by atoms with E-state index in [4.69, 9.17) is 15.3 Å². The molecule has 8 heteroatoms. The van der Waals surface area contributed by atoms with Crippen LogP contribution in [0.4, 0.5) is 0 Å². The number of carboxylic acid groups (broad SMARTS) is 2. The van der Waals surface area contributed by atoms with Crippen LogP contribution in [0.5, 0.6) is 0 Å². The Morgan fingerprint density at radius 1 is 1.23 bits per heavy atom. The van der Waals surface area contributed by atoms with Crippen molar-refractivity contribution < 1.29 is 74.8 Å². The maximum absolute atomic E-state index is 10.1. The second kappa shape index (κ2) is 7.14. The van der Waals surface area contributed by atoms with E-state index >= 15 is 0 Å². The summed E-state index contributed by atoms with van der Waals surface area (Å²) in [6.07, 6.45) is -4.33. The second-order valence-corrected chi connectivity index (χ2v) is 1.77. The topological polar surface area (TPSA) is 121 Å². The van der Waals surface area contributed by atoms with Crippen molar-refractivity contribution in [2.45, 2.75) is 12.2 Å². The maximum atomic E-state index is 10.1. The third-order valence-electron chi connectivity index (χ3n) is 0.985. The van der Waals surface area contributed by atoms with E-state index in [1.54, 1.807) is 0 Å². The molecule has 0 heterocycles. The number of ether oxygens (including phenoxy) is 1. The van der Waals surface area contributed by atoms with Gasteiger partial charge in [0.15, 0.2) is 6.10 Å². The molecule has 0 saturated heterocycles. The minimum absolute atomic E-state index is 0. The van der Waals surface area contributed by atoms with Crippen molar-refractivity contribution in [1.82, 2.24) is 0 Å². The van der Waals surface area contributed by atoms with E-state index in [0.29, 0.717) is 0 Å². The minimum Gasteiger partial charge on any atom is -0.479 e. The molecule has 0 aromatic carbocycles. The van der Waals surface area contributed by atoms with Gasteiger partial charge in [-0.1, -0.05) is 0 Å². The van der Waals surface area contributed by atoms with Crippen LogP contribution >= 0.6 is 0 Å². The summed E-state index contributed by atoms with van der Waals surface area (Å²) in [6.45, 7) is -0.245. The van der Waals surface area contributed by atoms with Gasteiger partial charge in [0.05, 0.1) is 0 Å². The van der Waals surface area contributed by atoms with Gasteiger partial charge in [-0.3, -0.25) is 4.79 Å². The first-order valence-corrected chi connectivity index (χ1v) is 2.73. The molecular formula is C5H6O7Sm. The van der Waals surface area contributed by atoms with Crippen molar-refractivity contribution in [3.8, 4) is 0 Å². The first-order valence-electron chi connectivity index (χ1n) is 2.73. The summed E-state index contributed by atoms with van der Waals surface area (Å²) in [5.41, 5.74) is 0. The number of rotatable bonds is 5. The predicted octanol–water partition coefficient (Wildman–Crippen LogP) is -1.94. The summed E-state index contributed by atoms with van der Waals surface area (Å²) in [6, 6.07) is 0. The standard InChI is InChI=1S/C5H6O7.Sm/c6-1-12-3(5(10)11)2(7)4(8)9;/h1-3,7H,(H,8,9)(H,10,11);. The molecule has 0 radical (unpaired) electrons. The Bertz CT molecular complexity index is 203. The van der Waals surface area contributed by atoms with E-state index in [-0.39, 0.29) is 46.9 Å². The van der Waals surface area contributed by atoms with Crippen molar-refractivity contribution in [2.24, 2.45) is 0 Å². The monoisotopic (exact) mass is 330 g/mol. The zero-order valence-corrected chi connectivity index (χ0v) is 8.73. The van der Waals surface area contributed by atoms with Gasteiger partial charge in [-0.15, -0.1) is 0 Å². The van der Waals surface area contributed by atoms with Gasteiger partial charge in [0.2, 0.25) is 6.10 Å². The van der Waals surface area contributed by atoms with Crippen molar-refractivity contribution in [1.29, 1.82) is 0 Å². The summed E-state index contributed by atoms with van der Waals surface area (Å²) < 4.78 is 3.82. The van der Waals surface area contributed by atoms with Gasteiger partial charge in [0.1, 0.15) is 0 Å². The molecule has 0 aliphatic carbocycles. The van der Waals surface area contributed by atoms with Crippen LogP contribution in [-0.2, 0) is 19.1 Å². The molecule has 0 saturated carbocycles. The summed E-state index contributed by atoms with van der Waals surface area (Å²) in [5.74, 6) is -3.50. The number of carboxylic acids is 2. The number of carbonyl (C=O) groups excluding carboxylic acids is 1. The van der Waals surface area contributed by atoms with Crippen molar-refractivity contribution in [2.75, 3.05) is 0 Å². The second-order valence-electron chi connectivity index (χ2n) is 1.77. The number of aliphatic carboxylic acids is 2. The molecule has 0 amide bonds. The first kappa shape index (κ1) is 15.2. The van der Waals surface area contributed by atoms with Gasteiger partial charge in [-0.25, -0.2) is 9.59 Å². The summed E-state index contributed by atoms with van der Waals surface area (Å²) in [4.78, 5) is 29.8. The molecule has 0 fully saturated rings. The molecule has 2 atom stereocenters. The van der Waals surface area contributed by atoms with E-state index in [2.05, 4.69) is 4.74 Å². The molecule has 0 spiro atoms. The van der Waals surface area contributed by atoms with Gasteiger partial charge >= 0.3 is 11.9 Å². The van der Waals surface area contributed by atoms with Gasteiger partial charge in [-0.2, -0.15) is 0 Å². The van der Waals surface area contributed by atoms with Crippen LogP contribution in [0.25, 0.3) is 0 Å². The van der Waals surface area contributed by atoms with Crippen molar-refractivity contribution in [3.63, 3.8) is 0 Å². The smallest absolute Gasteiger partial charge is 0.348 e. The molecule has 0 aromatic heterocycles. The SMILES string of the molecule is O=COC(C(=O)O)C(O)C(=O)O.[Sm]. The quantitative estimate of drug-likeness (QED) is 0.502. The third kappa shape index (κ3) is 5.10. The van der Waals surface area contributed by atoms with Crippen molar-refractivity contribution >= 4 is 18.4 Å². The normalized spacial score (nSPS) is 13.3. The Morgan fingerprint density at radius 2 is 1.69 bits per heavy atom. The van der Waals surface area contributed by atoms with E-state index in [1.165, 1.54) is 0 Å². The fraction of sp³-hybridized carbons (Fsp3) is 0.400. The molecule has 2 unspecified atom stereocenters. The van der Waals surface area contributed by atoms with Crippen LogP contribution in [0.2, 0.25) is 0 Å². The Labute approximate surface area is 105 Å². The summed E-state index contributed by atoms with van der Waals surface area (Å²) in [7, 11) is 0. The molecule has 0 aliphatic heterocycles. The molecule has 0 rings (SSSR count). The zero-order valence-electron chi connectivity index (χ0n) is 6.11. The minimum atomic E-state index is -2.26. The van der Waals surface area contributed by atoms with Crippen LogP contribution in [0, 0.1) is 40.4 Å². The maximum Gasteiger partial charge on any atom is 0.348 e. The third-order valence-corrected chi connectivity index (χ3v) is 0.985. The summed E-state index contributed by atoms with van der Waals surface area (Å²) in [5, 5.41) is 25.0. The average molecular weight is 328 g/mol. The fourth-order valence-electron chi connectivity index (χ4n) is 0.457. The van der Waals surface area contributed by atoms with E-state index in [9.17, 15) is 14.4 Å². The van der Waals surface area contributed by atoms with Gasteiger partial charge < -0.3 is 20.1 Å². The molecule has 3 N–H and O–H groups in total. The zero-order chi connectivity index (χ0) is 9.72. The fourth-order valence-corrected chi connectivity index (χ4v) is 0.457. The predicted molar refractivity (Wildman–Crippen MR) is 32.2 cm³/mol. The van der Waals surface area contributed by atoms with Crippen LogP contribution < -0.4 is 0 Å².